The maximum absolute atomic E-state index is 3.91. The van der Waals surface area contributed by atoms with Gasteiger partial charge in [0.2, 0.25) is 0 Å². The van der Waals surface area contributed by atoms with Gasteiger partial charge < -0.3 is 9.55 Å². The Morgan fingerprint density at radius 2 is 2.08 bits per heavy atom. The topological polar surface area (TPSA) is 46.5 Å². The maximum atomic E-state index is 3.91. The van der Waals surface area contributed by atoms with E-state index in [2.05, 4.69) is 33.4 Å². The van der Waals surface area contributed by atoms with Gasteiger partial charge in [-0.25, -0.2) is 9.97 Å². The first-order valence-electron chi connectivity index (χ1n) is 4.21. The Balaban J connectivity index is 0.000000145. The Kier molecular flexibility index (Phi) is 3.75. The number of aromatic amines is 1. The summed E-state index contributed by atoms with van der Waals surface area (Å²) in [6.45, 7) is 4.25. The lowest BCUT2D eigenvalue weighted by Gasteiger charge is -2.02. The van der Waals surface area contributed by atoms with Gasteiger partial charge in [0.25, 0.3) is 0 Å². The number of hydrogen-bond acceptors (Lipinski definition) is 2. The third-order valence-corrected chi connectivity index (χ3v) is 1.53. The van der Waals surface area contributed by atoms with Crippen molar-refractivity contribution in [2.24, 2.45) is 0 Å². The second-order valence-electron chi connectivity index (χ2n) is 2.86. The molecule has 0 atom stereocenters. The molecule has 0 unspecified atom stereocenters. The summed E-state index contributed by atoms with van der Waals surface area (Å²) in [6, 6.07) is 0.539. The molecule has 2 heterocycles. The summed E-state index contributed by atoms with van der Waals surface area (Å²) in [6.07, 6.45) is 10.7. The molecule has 70 valence electrons. The molecule has 0 amide bonds. The molecule has 0 saturated carbocycles. The van der Waals surface area contributed by atoms with Gasteiger partial charge in [-0.15, -0.1) is 0 Å². The number of aromatic nitrogens is 4. The molecule has 4 heteroatoms. The zero-order chi connectivity index (χ0) is 9.52. The molecule has 1 N–H and O–H groups in total. The summed E-state index contributed by atoms with van der Waals surface area (Å²) in [4.78, 5) is 10.3. The van der Waals surface area contributed by atoms with Crippen molar-refractivity contribution < 1.29 is 0 Å². The predicted molar refractivity (Wildman–Crippen MR) is 51.2 cm³/mol. The molecule has 4 nitrogen and oxygen atoms in total. The number of nitrogens with zero attached hydrogens (tertiary/aromatic N) is 3. The SMILES string of the molecule is CC(C)n1ccnc1.c1c[nH]cn1. The van der Waals surface area contributed by atoms with Gasteiger partial charge in [0.15, 0.2) is 0 Å². The van der Waals surface area contributed by atoms with Crippen LogP contribution in [0.3, 0.4) is 0 Å². The van der Waals surface area contributed by atoms with Crippen LogP contribution in [-0.2, 0) is 0 Å². The fraction of sp³-hybridized carbons (Fsp3) is 0.333. The zero-order valence-corrected chi connectivity index (χ0v) is 7.88. The lowest BCUT2D eigenvalue weighted by molar-refractivity contribution is 0.600. The Hall–Kier alpha value is -1.58. The van der Waals surface area contributed by atoms with E-state index in [9.17, 15) is 0 Å². The minimum atomic E-state index is 0.539. The average Bonchev–Trinajstić information content (AvgIpc) is 2.82. The molecule has 0 aliphatic heterocycles. The quantitative estimate of drug-likeness (QED) is 0.724. The van der Waals surface area contributed by atoms with E-state index in [-0.39, 0.29) is 0 Å². The first kappa shape index (κ1) is 9.51. The van der Waals surface area contributed by atoms with Gasteiger partial charge in [-0.2, -0.15) is 0 Å². The second kappa shape index (κ2) is 5.13. The number of hydrogen-bond donors (Lipinski definition) is 1. The average molecular weight is 178 g/mol. The minimum Gasteiger partial charge on any atom is -0.351 e. The van der Waals surface area contributed by atoms with Gasteiger partial charge in [0, 0.05) is 30.8 Å². The number of nitrogens with one attached hydrogen (secondary N) is 1. The Morgan fingerprint density at radius 1 is 1.23 bits per heavy atom. The molecule has 0 spiro atoms. The van der Waals surface area contributed by atoms with Gasteiger partial charge >= 0.3 is 0 Å². The molecule has 2 rings (SSSR count). The van der Waals surface area contributed by atoms with Crippen LogP contribution in [0.15, 0.2) is 37.4 Å². The largest absolute Gasteiger partial charge is 0.351 e. The van der Waals surface area contributed by atoms with Crippen molar-refractivity contribution in [1.82, 2.24) is 19.5 Å². The van der Waals surface area contributed by atoms with E-state index in [0.717, 1.165) is 0 Å². The molecule has 13 heavy (non-hydrogen) atoms. The Morgan fingerprint density at radius 3 is 2.31 bits per heavy atom. The van der Waals surface area contributed by atoms with E-state index in [1.165, 1.54) is 0 Å². The lowest BCUT2D eigenvalue weighted by Crippen LogP contribution is -1.95. The zero-order valence-electron chi connectivity index (χ0n) is 7.88. The summed E-state index contributed by atoms with van der Waals surface area (Å²) in [5.74, 6) is 0. The summed E-state index contributed by atoms with van der Waals surface area (Å²) >= 11 is 0. The van der Waals surface area contributed by atoms with Crippen LogP contribution in [0, 0.1) is 0 Å². The van der Waals surface area contributed by atoms with Crippen molar-refractivity contribution in [3.63, 3.8) is 0 Å². The van der Waals surface area contributed by atoms with Crippen LogP contribution in [0.2, 0.25) is 0 Å². The van der Waals surface area contributed by atoms with Gasteiger partial charge in [-0.1, -0.05) is 0 Å². The van der Waals surface area contributed by atoms with Crippen LogP contribution in [0.1, 0.15) is 19.9 Å². The number of rotatable bonds is 1. The van der Waals surface area contributed by atoms with Crippen molar-refractivity contribution in [1.29, 1.82) is 0 Å². The highest BCUT2D eigenvalue weighted by Crippen LogP contribution is 1.99. The van der Waals surface area contributed by atoms with Crippen LogP contribution in [0.4, 0.5) is 0 Å². The second-order valence-corrected chi connectivity index (χ2v) is 2.86. The van der Waals surface area contributed by atoms with E-state index >= 15 is 0 Å². The Labute approximate surface area is 77.7 Å². The smallest absolute Gasteiger partial charge is 0.0948 e. The molecule has 0 fully saturated rings. The highest BCUT2D eigenvalue weighted by atomic mass is 15.0. The van der Waals surface area contributed by atoms with Crippen molar-refractivity contribution in [3.05, 3.63) is 37.4 Å². The van der Waals surface area contributed by atoms with Crippen LogP contribution in [0.5, 0.6) is 0 Å². The van der Waals surface area contributed by atoms with E-state index in [1.54, 1.807) is 24.9 Å². The molecular formula is C9H14N4. The number of H-pyrrole nitrogens is 1. The molecule has 2 aromatic rings. The van der Waals surface area contributed by atoms with Crippen molar-refractivity contribution >= 4 is 0 Å². The van der Waals surface area contributed by atoms with Gasteiger partial charge in [0.1, 0.15) is 0 Å². The first-order valence-corrected chi connectivity index (χ1v) is 4.21. The van der Waals surface area contributed by atoms with Gasteiger partial charge in [-0.3, -0.25) is 0 Å². The lowest BCUT2D eigenvalue weighted by atomic mass is 10.4. The van der Waals surface area contributed by atoms with Crippen LogP contribution >= 0.6 is 0 Å². The molecule has 0 bridgehead atoms. The molecule has 0 aromatic carbocycles. The summed E-state index contributed by atoms with van der Waals surface area (Å²) in [7, 11) is 0. The standard InChI is InChI=1S/C6H10N2.C3H4N2/c1-6(2)8-4-3-7-5-8;1-2-5-3-4-1/h3-6H,1-2H3;1-3H,(H,4,5). The summed E-state index contributed by atoms with van der Waals surface area (Å²) in [5, 5.41) is 0. The highest BCUT2D eigenvalue weighted by molar-refractivity contribution is 4.76. The van der Waals surface area contributed by atoms with E-state index < -0.39 is 0 Å². The predicted octanol–water partition coefficient (Wildman–Crippen LogP) is 1.87. The molecule has 2 aromatic heterocycles. The Bertz CT molecular complexity index is 266. The van der Waals surface area contributed by atoms with Crippen molar-refractivity contribution in [3.8, 4) is 0 Å². The van der Waals surface area contributed by atoms with Crippen molar-refractivity contribution in [2.75, 3.05) is 0 Å². The number of imidazole rings is 2. The third-order valence-electron chi connectivity index (χ3n) is 1.53. The minimum absolute atomic E-state index is 0.539. The maximum Gasteiger partial charge on any atom is 0.0948 e. The highest BCUT2D eigenvalue weighted by Gasteiger charge is 1.90. The third kappa shape index (κ3) is 3.55. The van der Waals surface area contributed by atoms with Gasteiger partial charge in [0.05, 0.1) is 12.7 Å². The summed E-state index contributed by atoms with van der Waals surface area (Å²) in [5.41, 5.74) is 0. The molecule has 0 aliphatic carbocycles. The van der Waals surface area contributed by atoms with E-state index in [1.807, 2.05) is 12.5 Å². The molecular weight excluding hydrogens is 164 g/mol. The molecule has 0 radical (unpaired) electrons. The van der Waals surface area contributed by atoms with E-state index in [0.29, 0.717) is 6.04 Å². The fourth-order valence-corrected chi connectivity index (χ4v) is 0.790. The van der Waals surface area contributed by atoms with Gasteiger partial charge in [-0.05, 0) is 13.8 Å². The van der Waals surface area contributed by atoms with Crippen LogP contribution in [0.25, 0.3) is 0 Å². The normalized spacial score (nSPS) is 9.46. The van der Waals surface area contributed by atoms with Crippen molar-refractivity contribution in [2.45, 2.75) is 19.9 Å². The fourth-order valence-electron chi connectivity index (χ4n) is 0.790. The van der Waals surface area contributed by atoms with Crippen LogP contribution in [-0.4, -0.2) is 19.5 Å². The molecule has 0 aliphatic rings. The first-order chi connectivity index (χ1) is 6.30. The molecule has 0 saturated heterocycles. The van der Waals surface area contributed by atoms with Crippen LogP contribution < -0.4 is 0 Å². The monoisotopic (exact) mass is 178 g/mol. The van der Waals surface area contributed by atoms with E-state index in [4.69, 9.17) is 0 Å². The summed E-state index contributed by atoms with van der Waals surface area (Å²) < 4.78 is 2.06.